The molecule has 7 nitrogen and oxygen atoms in total. The van der Waals surface area contributed by atoms with Gasteiger partial charge in [0.2, 0.25) is 15.9 Å². The van der Waals surface area contributed by atoms with Gasteiger partial charge in [-0.15, -0.1) is 12.4 Å². The zero-order valence-corrected chi connectivity index (χ0v) is 16.7. The van der Waals surface area contributed by atoms with Gasteiger partial charge >= 0.3 is 0 Å². The molecule has 0 saturated carbocycles. The van der Waals surface area contributed by atoms with Crippen LogP contribution >= 0.6 is 12.4 Å². The van der Waals surface area contributed by atoms with E-state index in [9.17, 15) is 13.2 Å². The van der Waals surface area contributed by atoms with Crippen molar-refractivity contribution in [2.24, 2.45) is 5.73 Å². The van der Waals surface area contributed by atoms with Crippen LogP contribution in [0.4, 0.5) is 0 Å². The number of benzene rings is 1. The lowest BCUT2D eigenvalue weighted by Crippen LogP contribution is -2.35. The minimum Gasteiger partial charge on any atom is -0.364 e. The molecule has 1 aromatic carbocycles. The van der Waals surface area contributed by atoms with Gasteiger partial charge < -0.3 is 15.8 Å². The van der Waals surface area contributed by atoms with E-state index in [1.165, 1.54) is 0 Å². The summed E-state index contributed by atoms with van der Waals surface area (Å²) in [5.41, 5.74) is 7.15. The molecular formula is C17H28ClN3O4S. The molecule has 9 heteroatoms. The maximum absolute atomic E-state index is 12.1. The first kappa shape index (κ1) is 22.9. The molecule has 1 amide bonds. The van der Waals surface area contributed by atoms with Gasteiger partial charge in [0.05, 0.1) is 11.9 Å². The predicted octanol–water partition coefficient (Wildman–Crippen LogP) is 1.06. The van der Waals surface area contributed by atoms with Crippen molar-refractivity contribution in [2.75, 3.05) is 6.54 Å². The van der Waals surface area contributed by atoms with E-state index in [0.717, 1.165) is 12.0 Å². The first-order valence-corrected chi connectivity index (χ1v) is 10.2. The number of carbonyl (C=O) groups is 1. The number of nitrogens with one attached hydrogen (secondary N) is 2. The summed E-state index contributed by atoms with van der Waals surface area (Å²) in [6.07, 6.45) is 1.03. The maximum Gasteiger partial charge on any atom is 0.249 e. The highest BCUT2D eigenvalue weighted by atomic mass is 35.5. The third-order valence-electron chi connectivity index (χ3n) is 3.92. The third kappa shape index (κ3) is 7.20. The van der Waals surface area contributed by atoms with E-state index in [4.69, 9.17) is 10.5 Å². The number of nitrogens with two attached hydrogens (primary N) is 1. The molecule has 0 spiro atoms. The van der Waals surface area contributed by atoms with Gasteiger partial charge in [-0.3, -0.25) is 4.79 Å². The summed E-state index contributed by atoms with van der Waals surface area (Å²) in [6.45, 7) is 4.38. The summed E-state index contributed by atoms with van der Waals surface area (Å²) in [5, 5.41) is 2.84. The molecule has 1 fully saturated rings. The van der Waals surface area contributed by atoms with Crippen molar-refractivity contribution in [1.82, 2.24) is 10.0 Å². The SMILES string of the molecule is CC(C)NS(=O)(=O)Cc1ccc(CNC(=O)[C@@H]2CC[C@H](CN)O2)cc1.Cl. The Hall–Kier alpha value is -1.19. The molecule has 1 aliphatic heterocycles. The Balaban J connectivity index is 0.00000338. The molecule has 0 aliphatic carbocycles. The number of sulfonamides is 1. The van der Waals surface area contributed by atoms with Crippen LogP contribution in [0.1, 0.15) is 37.8 Å². The van der Waals surface area contributed by atoms with E-state index in [1.807, 2.05) is 12.1 Å². The van der Waals surface area contributed by atoms with Gasteiger partial charge in [-0.25, -0.2) is 13.1 Å². The number of amides is 1. The molecule has 1 aromatic rings. The monoisotopic (exact) mass is 405 g/mol. The average molecular weight is 406 g/mol. The molecule has 4 N–H and O–H groups in total. The number of rotatable bonds is 8. The van der Waals surface area contributed by atoms with Gasteiger partial charge in [-0.05, 0) is 37.8 Å². The Morgan fingerprint density at radius 2 is 1.85 bits per heavy atom. The van der Waals surface area contributed by atoms with Crippen LogP contribution in [0.3, 0.4) is 0 Å². The summed E-state index contributed by atoms with van der Waals surface area (Å²) in [7, 11) is -3.34. The van der Waals surface area contributed by atoms with Crippen LogP contribution < -0.4 is 15.8 Å². The van der Waals surface area contributed by atoms with Gasteiger partial charge in [0, 0.05) is 19.1 Å². The van der Waals surface area contributed by atoms with Crippen LogP contribution in [0.5, 0.6) is 0 Å². The minimum absolute atomic E-state index is 0. The van der Waals surface area contributed by atoms with Gasteiger partial charge in [0.1, 0.15) is 6.10 Å². The maximum atomic E-state index is 12.1. The fourth-order valence-corrected chi connectivity index (χ4v) is 4.18. The molecule has 0 aromatic heterocycles. The molecule has 0 radical (unpaired) electrons. The fraction of sp³-hybridized carbons (Fsp3) is 0.588. The average Bonchev–Trinajstić information content (AvgIpc) is 3.01. The molecular weight excluding hydrogens is 378 g/mol. The number of halogens is 1. The van der Waals surface area contributed by atoms with Crippen molar-refractivity contribution >= 4 is 28.3 Å². The zero-order chi connectivity index (χ0) is 18.4. The molecule has 2 atom stereocenters. The molecule has 2 rings (SSSR count). The molecule has 1 heterocycles. The van der Waals surface area contributed by atoms with Crippen molar-refractivity contribution in [3.63, 3.8) is 0 Å². The van der Waals surface area contributed by atoms with Gasteiger partial charge in [-0.2, -0.15) is 0 Å². The van der Waals surface area contributed by atoms with Crippen molar-refractivity contribution < 1.29 is 17.9 Å². The Kier molecular flexibility index (Phi) is 8.99. The summed E-state index contributed by atoms with van der Waals surface area (Å²) < 4.78 is 31.9. The lowest BCUT2D eigenvalue weighted by atomic mass is 10.1. The van der Waals surface area contributed by atoms with Crippen molar-refractivity contribution in [3.8, 4) is 0 Å². The zero-order valence-electron chi connectivity index (χ0n) is 15.1. The van der Waals surface area contributed by atoms with Crippen molar-refractivity contribution in [3.05, 3.63) is 35.4 Å². The number of hydrogen-bond donors (Lipinski definition) is 3. The topological polar surface area (TPSA) is 111 Å². The minimum atomic E-state index is -3.34. The first-order valence-electron chi connectivity index (χ1n) is 8.50. The van der Waals surface area contributed by atoms with Gasteiger partial charge in [0.25, 0.3) is 0 Å². The number of ether oxygens (including phenoxy) is 1. The standard InChI is InChI=1S/C17H27N3O4S.ClH/c1-12(2)20-25(22,23)11-14-5-3-13(4-6-14)10-19-17(21)16-8-7-15(9-18)24-16;/h3-6,12,15-16,20H,7-11,18H2,1-2H3,(H,19,21);1H/t15-,16+;/m1./s1. The first-order chi connectivity index (χ1) is 11.8. The Morgan fingerprint density at radius 1 is 1.23 bits per heavy atom. The second-order valence-electron chi connectivity index (χ2n) is 6.63. The second-order valence-corrected chi connectivity index (χ2v) is 8.38. The molecule has 0 unspecified atom stereocenters. The number of carbonyl (C=O) groups excluding carboxylic acids is 1. The normalized spacial score (nSPS) is 20.0. The van der Waals surface area contributed by atoms with Crippen molar-refractivity contribution in [1.29, 1.82) is 0 Å². The van der Waals surface area contributed by atoms with Crippen LogP contribution in [0.2, 0.25) is 0 Å². The highest BCUT2D eigenvalue weighted by Gasteiger charge is 2.29. The molecule has 0 bridgehead atoms. The summed E-state index contributed by atoms with van der Waals surface area (Å²) >= 11 is 0. The second kappa shape index (κ2) is 10.2. The van der Waals surface area contributed by atoms with E-state index in [0.29, 0.717) is 25.1 Å². The van der Waals surface area contributed by atoms with E-state index in [1.54, 1.807) is 26.0 Å². The fourth-order valence-electron chi connectivity index (χ4n) is 2.75. The van der Waals surface area contributed by atoms with Crippen LogP contribution in [0.15, 0.2) is 24.3 Å². The molecule has 148 valence electrons. The van der Waals surface area contributed by atoms with E-state index in [2.05, 4.69) is 10.0 Å². The summed E-state index contributed by atoms with van der Waals surface area (Å²) in [6, 6.07) is 7.03. The Labute approximate surface area is 161 Å². The van der Waals surface area contributed by atoms with E-state index < -0.39 is 16.1 Å². The highest BCUT2D eigenvalue weighted by molar-refractivity contribution is 7.88. The number of hydrogen-bond acceptors (Lipinski definition) is 5. The lowest BCUT2D eigenvalue weighted by Gasteiger charge is -2.13. The summed E-state index contributed by atoms with van der Waals surface area (Å²) in [5.74, 6) is -0.197. The highest BCUT2D eigenvalue weighted by Crippen LogP contribution is 2.19. The molecule has 1 saturated heterocycles. The van der Waals surface area contributed by atoms with Crippen LogP contribution in [0, 0.1) is 0 Å². The van der Waals surface area contributed by atoms with Crippen molar-refractivity contribution in [2.45, 2.75) is 57.2 Å². The summed E-state index contributed by atoms with van der Waals surface area (Å²) in [4.78, 5) is 12.1. The van der Waals surface area contributed by atoms with E-state index >= 15 is 0 Å². The van der Waals surface area contributed by atoms with Gasteiger partial charge in [-0.1, -0.05) is 24.3 Å². The smallest absolute Gasteiger partial charge is 0.249 e. The van der Waals surface area contributed by atoms with Crippen LogP contribution in [0.25, 0.3) is 0 Å². The van der Waals surface area contributed by atoms with Crippen LogP contribution in [-0.4, -0.2) is 39.1 Å². The molecule has 26 heavy (non-hydrogen) atoms. The van der Waals surface area contributed by atoms with Crippen LogP contribution in [-0.2, 0) is 31.9 Å². The Bertz CT molecular complexity index is 680. The van der Waals surface area contributed by atoms with Gasteiger partial charge in [0.15, 0.2) is 0 Å². The predicted molar refractivity (Wildman–Crippen MR) is 103 cm³/mol. The lowest BCUT2D eigenvalue weighted by molar-refractivity contribution is -0.132. The third-order valence-corrected chi connectivity index (χ3v) is 5.47. The molecule has 1 aliphatic rings. The largest absolute Gasteiger partial charge is 0.364 e. The Morgan fingerprint density at radius 3 is 2.38 bits per heavy atom. The van der Waals surface area contributed by atoms with E-state index in [-0.39, 0.29) is 36.2 Å². The quantitative estimate of drug-likeness (QED) is 0.598.